The number of pyridine rings is 1. The van der Waals surface area contributed by atoms with Crippen molar-refractivity contribution in [1.82, 2.24) is 4.57 Å². The molecule has 0 saturated heterocycles. The van der Waals surface area contributed by atoms with E-state index in [1.54, 1.807) is 18.3 Å². The van der Waals surface area contributed by atoms with Crippen LogP contribution in [-0.4, -0.2) is 4.57 Å². The molecule has 4 nitrogen and oxygen atoms in total. The topological polar surface area (TPSA) is 40.5 Å². The first-order chi connectivity index (χ1) is 11.7. The Morgan fingerprint density at radius 1 is 1.12 bits per heavy atom. The van der Waals surface area contributed by atoms with Crippen LogP contribution in [0.25, 0.3) is 5.69 Å². The summed E-state index contributed by atoms with van der Waals surface area (Å²) >= 11 is 6.09. The predicted octanol–water partition coefficient (Wildman–Crippen LogP) is 3.96. The van der Waals surface area contributed by atoms with Crippen molar-refractivity contribution < 1.29 is 9.47 Å². The van der Waals surface area contributed by atoms with E-state index < -0.39 is 0 Å². The highest BCUT2D eigenvalue weighted by Gasteiger charge is 2.18. The minimum absolute atomic E-state index is 0.161. The molecular formula is C19H14ClNO3. The Hall–Kier alpha value is -2.72. The second-order valence-corrected chi connectivity index (χ2v) is 5.97. The second-order valence-electron chi connectivity index (χ2n) is 5.54. The second kappa shape index (κ2) is 6.06. The molecule has 0 radical (unpaired) electrons. The molecule has 0 bridgehead atoms. The molecule has 2 heterocycles. The summed E-state index contributed by atoms with van der Waals surface area (Å²) in [5.41, 5.74) is 2.41. The van der Waals surface area contributed by atoms with Gasteiger partial charge in [0.1, 0.15) is 19.0 Å². The average Bonchev–Trinajstić information content (AvgIpc) is 2.60. The van der Waals surface area contributed by atoms with Crippen molar-refractivity contribution in [3.8, 4) is 17.2 Å². The smallest absolute Gasteiger partial charge is 0.223 e. The van der Waals surface area contributed by atoms with Gasteiger partial charge in [-0.1, -0.05) is 41.9 Å². The van der Waals surface area contributed by atoms with Crippen molar-refractivity contribution in [2.45, 2.75) is 13.2 Å². The maximum atomic E-state index is 12.3. The average molecular weight is 340 g/mol. The summed E-state index contributed by atoms with van der Waals surface area (Å²) in [5, 5.41) is 0.607. The van der Waals surface area contributed by atoms with E-state index >= 15 is 0 Å². The first-order valence-electron chi connectivity index (χ1n) is 7.56. The minimum Gasteiger partial charge on any atom is -0.485 e. The van der Waals surface area contributed by atoms with Gasteiger partial charge in [0.15, 0.2) is 5.75 Å². The van der Waals surface area contributed by atoms with Crippen LogP contribution in [0.3, 0.4) is 0 Å². The van der Waals surface area contributed by atoms with Crippen molar-refractivity contribution in [3.63, 3.8) is 0 Å². The van der Waals surface area contributed by atoms with Crippen molar-refractivity contribution in [2.24, 2.45) is 0 Å². The fourth-order valence-electron chi connectivity index (χ4n) is 2.69. The number of rotatable bonds is 3. The van der Waals surface area contributed by atoms with Gasteiger partial charge < -0.3 is 14.0 Å². The van der Waals surface area contributed by atoms with Gasteiger partial charge in [-0.3, -0.25) is 4.79 Å². The normalized spacial score (nSPS) is 12.0. The lowest BCUT2D eigenvalue weighted by atomic mass is 10.2. The Morgan fingerprint density at radius 2 is 1.96 bits per heavy atom. The molecule has 0 atom stereocenters. The Balaban J connectivity index is 1.71. The maximum Gasteiger partial charge on any atom is 0.223 e. The number of nitrogens with zero attached hydrogens (tertiary/aromatic N) is 1. The highest BCUT2D eigenvalue weighted by molar-refractivity contribution is 6.30. The summed E-state index contributed by atoms with van der Waals surface area (Å²) < 4.78 is 13.3. The molecular weight excluding hydrogens is 326 g/mol. The van der Waals surface area contributed by atoms with Gasteiger partial charge in [-0.05, 0) is 23.8 Å². The van der Waals surface area contributed by atoms with Gasteiger partial charge >= 0.3 is 0 Å². The molecule has 5 heteroatoms. The number of aromatic nitrogens is 1. The van der Waals surface area contributed by atoms with E-state index in [-0.39, 0.29) is 5.43 Å². The molecule has 120 valence electrons. The Labute approximate surface area is 143 Å². The van der Waals surface area contributed by atoms with Crippen LogP contribution in [0.4, 0.5) is 0 Å². The van der Waals surface area contributed by atoms with Crippen molar-refractivity contribution in [2.75, 3.05) is 0 Å². The van der Waals surface area contributed by atoms with E-state index in [0.717, 1.165) is 22.7 Å². The summed E-state index contributed by atoms with van der Waals surface area (Å²) in [6.07, 6.45) is 1.71. The molecule has 1 aliphatic heterocycles. The summed E-state index contributed by atoms with van der Waals surface area (Å²) in [6, 6.07) is 16.7. The number of benzene rings is 2. The zero-order valence-corrected chi connectivity index (χ0v) is 13.5. The van der Waals surface area contributed by atoms with Crippen LogP contribution in [0.2, 0.25) is 5.02 Å². The van der Waals surface area contributed by atoms with Crippen molar-refractivity contribution in [1.29, 1.82) is 0 Å². The molecule has 3 aromatic rings. The SMILES string of the molecule is O=c1cc2n(cc1OCc1ccccc1)-c1cc(Cl)ccc1OC2. The van der Waals surface area contributed by atoms with Crippen molar-refractivity contribution >= 4 is 11.6 Å². The molecule has 2 aromatic carbocycles. The summed E-state index contributed by atoms with van der Waals surface area (Å²) in [7, 11) is 0. The fourth-order valence-corrected chi connectivity index (χ4v) is 2.85. The van der Waals surface area contributed by atoms with Gasteiger partial charge in [-0.15, -0.1) is 0 Å². The molecule has 1 aliphatic rings. The Kier molecular flexibility index (Phi) is 3.75. The molecule has 0 saturated carbocycles. The predicted molar refractivity (Wildman–Crippen MR) is 92.2 cm³/mol. The zero-order valence-electron chi connectivity index (χ0n) is 12.7. The van der Waals surface area contributed by atoms with E-state index in [9.17, 15) is 4.79 Å². The number of halogens is 1. The van der Waals surface area contributed by atoms with Crippen LogP contribution in [0, 0.1) is 0 Å². The van der Waals surface area contributed by atoms with Gasteiger partial charge in [-0.2, -0.15) is 0 Å². The monoisotopic (exact) mass is 339 g/mol. The molecule has 0 spiro atoms. The van der Waals surface area contributed by atoms with Gasteiger partial charge in [0.25, 0.3) is 0 Å². The van der Waals surface area contributed by atoms with E-state index in [0.29, 0.717) is 24.0 Å². The molecule has 4 rings (SSSR count). The summed E-state index contributed by atoms with van der Waals surface area (Å²) in [6.45, 7) is 0.678. The maximum absolute atomic E-state index is 12.3. The third kappa shape index (κ3) is 2.76. The highest BCUT2D eigenvalue weighted by Crippen LogP contribution is 2.32. The minimum atomic E-state index is -0.161. The first kappa shape index (κ1) is 14.8. The summed E-state index contributed by atoms with van der Waals surface area (Å²) in [4.78, 5) is 12.3. The first-order valence-corrected chi connectivity index (χ1v) is 7.93. The van der Waals surface area contributed by atoms with E-state index in [1.807, 2.05) is 47.0 Å². The van der Waals surface area contributed by atoms with Crippen LogP contribution >= 0.6 is 11.6 Å². The van der Waals surface area contributed by atoms with Crippen LogP contribution in [-0.2, 0) is 13.2 Å². The van der Waals surface area contributed by atoms with Gasteiger partial charge in [0, 0.05) is 11.1 Å². The third-order valence-corrected chi connectivity index (χ3v) is 4.12. The molecule has 0 aliphatic carbocycles. The lowest BCUT2D eigenvalue weighted by Gasteiger charge is -2.23. The van der Waals surface area contributed by atoms with Gasteiger partial charge in [0.05, 0.1) is 17.6 Å². The Bertz CT molecular complexity index is 951. The van der Waals surface area contributed by atoms with E-state index in [1.165, 1.54) is 0 Å². The van der Waals surface area contributed by atoms with Crippen LogP contribution in [0.1, 0.15) is 11.3 Å². The lowest BCUT2D eigenvalue weighted by Crippen LogP contribution is -2.19. The largest absolute Gasteiger partial charge is 0.485 e. The number of hydrogen-bond donors (Lipinski definition) is 0. The fraction of sp³-hybridized carbons (Fsp3) is 0.105. The van der Waals surface area contributed by atoms with E-state index in [2.05, 4.69) is 0 Å². The highest BCUT2D eigenvalue weighted by atomic mass is 35.5. The molecule has 24 heavy (non-hydrogen) atoms. The van der Waals surface area contributed by atoms with Crippen LogP contribution < -0.4 is 14.9 Å². The number of ether oxygens (including phenoxy) is 2. The quantitative estimate of drug-likeness (QED) is 0.725. The number of fused-ring (bicyclic) bond motifs is 3. The lowest BCUT2D eigenvalue weighted by molar-refractivity contribution is 0.277. The third-order valence-electron chi connectivity index (χ3n) is 3.89. The number of hydrogen-bond acceptors (Lipinski definition) is 3. The van der Waals surface area contributed by atoms with Crippen LogP contribution in [0.5, 0.6) is 11.5 Å². The molecule has 1 aromatic heterocycles. The Morgan fingerprint density at radius 3 is 2.79 bits per heavy atom. The standard InChI is InChI=1S/C19H14ClNO3/c20-14-6-7-18-16(8-14)21-10-19(17(22)9-15(21)12-24-18)23-11-13-4-2-1-3-5-13/h1-10H,11-12H2. The van der Waals surface area contributed by atoms with Gasteiger partial charge in [0.2, 0.25) is 5.43 Å². The molecule has 0 amide bonds. The molecule has 0 unspecified atom stereocenters. The van der Waals surface area contributed by atoms with Gasteiger partial charge in [-0.25, -0.2) is 0 Å². The molecule has 0 fully saturated rings. The zero-order chi connectivity index (χ0) is 16.5. The summed E-state index contributed by atoms with van der Waals surface area (Å²) in [5.74, 6) is 1.03. The van der Waals surface area contributed by atoms with E-state index in [4.69, 9.17) is 21.1 Å². The van der Waals surface area contributed by atoms with Crippen molar-refractivity contribution in [3.05, 3.63) is 87.3 Å². The van der Waals surface area contributed by atoms with Crippen LogP contribution in [0.15, 0.2) is 65.6 Å². The molecule has 0 N–H and O–H groups in total.